The molecule has 0 aromatic heterocycles. The first-order valence-corrected chi connectivity index (χ1v) is 15.5. The highest BCUT2D eigenvalue weighted by atomic mass is 28.4. The summed E-state index contributed by atoms with van der Waals surface area (Å²) in [7, 11) is -1.72. The van der Waals surface area contributed by atoms with E-state index in [9.17, 15) is 5.11 Å². The standard InChI is InChI=1S/C26H48O2Si/c1-23(2,3)29(7,8)28-22-12-11-20-19-10-9-18-17-24(4,27)15-16-25(18,5)21(19)13-14-26(20,22)6/h18-22,27H,9-17H2,1-8H3/t18?,19-,20-,21-,22-,24+,25-,26-/m0/s1. The van der Waals surface area contributed by atoms with Crippen LogP contribution < -0.4 is 0 Å². The Morgan fingerprint density at radius 2 is 1.48 bits per heavy atom. The molecule has 2 nitrogen and oxygen atoms in total. The van der Waals surface area contributed by atoms with Crippen molar-refractivity contribution in [2.75, 3.05) is 0 Å². The molecule has 8 atom stereocenters. The molecule has 29 heavy (non-hydrogen) atoms. The Balaban J connectivity index is 1.54. The summed E-state index contributed by atoms with van der Waals surface area (Å²) in [4.78, 5) is 0. The second kappa shape index (κ2) is 6.82. The fourth-order valence-electron chi connectivity index (χ4n) is 8.11. The number of rotatable bonds is 2. The lowest BCUT2D eigenvalue weighted by Crippen LogP contribution is -2.56. The van der Waals surface area contributed by atoms with Crippen molar-refractivity contribution in [3.63, 3.8) is 0 Å². The van der Waals surface area contributed by atoms with Gasteiger partial charge in [0.2, 0.25) is 0 Å². The molecule has 0 aliphatic heterocycles. The largest absolute Gasteiger partial charge is 0.413 e. The van der Waals surface area contributed by atoms with Crippen LogP contribution in [-0.4, -0.2) is 25.1 Å². The van der Waals surface area contributed by atoms with E-state index in [1.54, 1.807) is 0 Å². The second-order valence-electron chi connectivity index (χ2n) is 13.8. The zero-order valence-electron chi connectivity index (χ0n) is 20.6. The third-order valence-corrected chi connectivity index (χ3v) is 15.6. The molecule has 0 bridgehead atoms. The molecule has 0 aromatic carbocycles. The molecule has 3 heteroatoms. The van der Waals surface area contributed by atoms with Gasteiger partial charge in [-0.05, 0) is 117 Å². The van der Waals surface area contributed by atoms with Gasteiger partial charge >= 0.3 is 0 Å². The minimum Gasteiger partial charge on any atom is -0.413 e. The summed E-state index contributed by atoms with van der Waals surface area (Å²) in [6, 6.07) is 0. The van der Waals surface area contributed by atoms with E-state index in [0.717, 1.165) is 36.5 Å². The van der Waals surface area contributed by atoms with Crippen LogP contribution in [0.4, 0.5) is 0 Å². The molecule has 4 aliphatic carbocycles. The van der Waals surface area contributed by atoms with Crippen molar-refractivity contribution in [2.45, 2.75) is 129 Å². The van der Waals surface area contributed by atoms with Crippen molar-refractivity contribution in [2.24, 2.45) is 34.5 Å². The highest BCUT2D eigenvalue weighted by Crippen LogP contribution is 2.67. The molecule has 4 rings (SSSR count). The minimum atomic E-state index is -1.72. The number of aliphatic hydroxyl groups is 1. The van der Waals surface area contributed by atoms with Crippen LogP contribution in [-0.2, 0) is 4.43 Å². The van der Waals surface area contributed by atoms with Gasteiger partial charge in [0.05, 0.1) is 11.7 Å². The smallest absolute Gasteiger partial charge is 0.192 e. The van der Waals surface area contributed by atoms with Crippen LogP contribution in [0.1, 0.15) is 99.3 Å². The van der Waals surface area contributed by atoms with E-state index in [1.165, 1.54) is 44.9 Å². The van der Waals surface area contributed by atoms with Crippen LogP contribution in [0.2, 0.25) is 18.1 Å². The Bertz CT molecular complexity index is 635. The predicted molar refractivity (Wildman–Crippen MR) is 124 cm³/mol. The Morgan fingerprint density at radius 3 is 2.14 bits per heavy atom. The quantitative estimate of drug-likeness (QED) is 0.480. The summed E-state index contributed by atoms with van der Waals surface area (Å²) >= 11 is 0. The first-order valence-electron chi connectivity index (χ1n) is 12.6. The maximum Gasteiger partial charge on any atom is 0.192 e. The van der Waals surface area contributed by atoms with Gasteiger partial charge in [0, 0.05) is 0 Å². The molecular weight excluding hydrogens is 372 g/mol. The van der Waals surface area contributed by atoms with Gasteiger partial charge in [-0.2, -0.15) is 0 Å². The molecule has 0 heterocycles. The van der Waals surface area contributed by atoms with Gasteiger partial charge in [0.1, 0.15) is 0 Å². The molecule has 0 aromatic rings. The maximum atomic E-state index is 10.7. The van der Waals surface area contributed by atoms with Gasteiger partial charge in [-0.3, -0.25) is 0 Å². The van der Waals surface area contributed by atoms with E-state index in [2.05, 4.69) is 54.6 Å². The summed E-state index contributed by atoms with van der Waals surface area (Å²) in [6.07, 6.45) is 11.9. The fourth-order valence-corrected chi connectivity index (χ4v) is 9.56. The summed E-state index contributed by atoms with van der Waals surface area (Å²) in [6.45, 7) is 19.3. The number of hydrogen-bond donors (Lipinski definition) is 1. The van der Waals surface area contributed by atoms with E-state index < -0.39 is 13.9 Å². The zero-order valence-corrected chi connectivity index (χ0v) is 21.6. The van der Waals surface area contributed by atoms with E-state index in [-0.39, 0.29) is 0 Å². The first kappa shape index (κ1) is 22.3. The Morgan fingerprint density at radius 1 is 0.828 bits per heavy atom. The number of fused-ring (bicyclic) bond motifs is 5. The lowest BCUT2D eigenvalue weighted by molar-refractivity contribution is -0.149. The van der Waals surface area contributed by atoms with Crippen molar-refractivity contribution in [1.29, 1.82) is 0 Å². The van der Waals surface area contributed by atoms with E-state index in [1.807, 2.05) is 0 Å². The average Bonchev–Trinajstić information content (AvgIpc) is 2.90. The van der Waals surface area contributed by atoms with Gasteiger partial charge in [-0.15, -0.1) is 0 Å². The Kier molecular flexibility index (Phi) is 5.25. The van der Waals surface area contributed by atoms with Crippen molar-refractivity contribution >= 4 is 8.32 Å². The maximum absolute atomic E-state index is 10.7. The van der Waals surface area contributed by atoms with Crippen molar-refractivity contribution in [3.8, 4) is 0 Å². The predicted octanol–water partition coefficient (Wildman–Crippen LogP) is 7.17. The Labute approximate surface area is 181 Å². The summed E-state index contributed by atoms with van der Waals surface area (Å²) < 4.78 is 7.08. The average molecular weight is 421 g/mol. The van der Waals surface area contributed by atoms with Gasteiger partial charge in [0.25, 0.3) is 0 Å². The molecule has 0 amide bonds. The van der Waals surface area contributed by atoms with Crippen LogP contribution in [0.15, 0.2) is 0 Å². The molecule has 0 spiro atoms. The monoisotopic (exact) mass is 420 g/mol. The van der Waals surface area contributed by atoms with Gasteiger partial charge in [-0.1, -0.05) is 34.6 Å². The molecule has 4 fully saturated rings. The normalized spacial score (nSPS) is 50.6. The van der Waals surface area contributed by atoms with Crippen LogP contribution in [0.25, 0.3) is 0 Å². The molecule has 0 radical (unpaired) electrons. The topological polar surface area (TPSA) is 29.5 Å². The molecule has 168 valence electrons. The van der Waals surface area contributed by atoms with Crippen molar-refractivity contribution in [1.82, 2.24) is 0 Å². The second-order valence-corrected chi connectivity index (χ2v) is 18.6. The van der Waals surface area contributed by atoms with Gasteiger partial charge in [0.15, 0.2) is 8.32 Å². The van der Waals surface area contributed by atoms with Crippen LogP contribution in [0, 0.1) is 34.5 Å². The van der Waals surface area contributed by atoms with E-state index in [0.29, 0.717) is 22.0 Å². The summed E-state index contributed by atoms with van der Waals surface area (Å²) in [5.41, 5.74) is 0.431. The highest BCUT2D eigenvalue weighted by Gasteiger charge is 2.61. The molecule has 0 saturated heterocycles. The third kappa shape index (κ3) is 3.50. The molecule has 1 N–H and O–H groups in total. The highest BCUT2D eigenvalue weighted by molar-refractivity contribution is 6.74. The zero-order chi connectivity index (χ0) is 21.5. The molecule has 4 saturated carbocycles. The van der Waals surface area contributed by atoms with Crippen molar-refractivity contribution < 1.29 is 9.53 Å². The van der Waals surface area contributed by atoms with E-state index in [4.69, 9.17) is 4.43 Å². The summed E-state index contributed by atoms with van der Waals surface area (Å²) in [5, 5.41) is 11.0. The van der Waals surface area contributed by atoms with Crippen molar-refractivity contribution in [3.05, 3.63) is 0 Å². The SMILES string of the molecule is CC(C)(C)[Si](C)(C)O[C@H]1CC[C@H]2[C@@H]3CCC4C[C@](C)(O)CC[C@]4(C)[C@H]3CC[C@]12C. The first-order chi connectivity index (χ1) is 13.2. The molecule has 4 aliphatic rings. The van der Waals surface area contributed by atoms with E-state index >= 15 is 0 Å². The lowest BCUT2D eigenvalue weighted by Gasteiger charge is -2.62. The van der Waals surface area contributed by atoms with Gasteiger partial charge < -0.3 is 9.53 Å². The lowest BCUT2D eigenvalue weighted by atomic mass is 9.44. The number of hydrogen-bond acceptors (Lipinski definition) is 2. The molecule has 1 unspecified atom stereocenters. The minimum absolute atomic E-state index is 0.295. The van der Waals surface area contributed by atoms with Crippen LogP contribution in [0.5, 0.6) is 0 Å². The molecular formula is C26H48O2Si. The third-order valence-electron chi connectivity index (χ3n) is 11.1. The fraction of sp³-hybridized carbons (Fsp3) is 1.00. The van der Waals surface area contributed by atoms with Crippen LogP contribution in [0.3, 0.4) is 0 Å². The van der Waals surface area contributed by atoms with Crippen LogP contribution >= 0.6 is 0 Å². The van der Waals surface area contributed by atoms with Gasteiger partial charge in [-0.25, -0.2) is 0 Å². The Hall–Kier alpha value is 0.137. The summed E-state index contributed by atoms with van der Waals surface area (Å²) in [5.74, 6) is 3.36.